The molecule has 5 heterocycles. The molecule has 0 aliphatic carbocycles. The van der Waals surface area contributed by atoms with Gasteiger partial charge in [0.15, 0.2) is 5.82 Å². The molecule has 0 spiro atoms. The number of ether oxygens (including phenoxy) is 1. The van der Waals surface area contributed by atoms with Crippen LogP contribution >= 0.6 is 0 Å². The molecule has 11 nitrogen and oxygen atoms in total. The third-order valence-electron chi connectivity index (χ3n) is 7.59. The van der Waals surface area contributed by atoms with E-state index in [9.17, 15) is 9.59 Å². The number of carbonyl (C=O) groups is 2. The Bertz CT molecular complexity index is 1570. The number of fused-ring (bicyclic) bond motifs is 3. The fourth-order valence-corrected chi connectivity index (χ4v) is 5.38. The molecule has 38 heavy (non-hydrogen) atoms. The zero-order valence-corrected chi connectivity index (χ0v) is 21.6. The summed E-state index contributed by atoms with van der Waals surface area (Å²) in [6.45, 7) is 7.55. The highest BCUT2D eigenvalue weighted by Crippen LogP contribution is 2.35. The zero-order valence-electron chi connectivity index (χ0n) is 21.6. The van der Waals surface area contributed by atoms with Gasteiger partial charge >= 0.3 is 6.03 Å². The molecular weight excluding hydrogens is 484 g/mol. The minimum atomic E-state index is -0.279. The largest absolute Gasteiger partial charge is 0.439 e. The van der Waals surface area contributed by atoms with E-state index in [1.165, 1.54) is 6.33 Å². The van der Waals surface area contributed by atoms with Gasteiger partial charge in [0.2, 0.25) is 11.8 Å². The highest BCUT2D eigenvalue weighted by molar-refractivity contribution is 5.98. The average molecular weight is 515 g/mol. The topological polar surface area (TPSA) is 133 Å². The van der Waals surface area contributed by atoms with Crippen molar-refractivity contribution < 1.29 is 14.3 Å². The number of hydrogen-bond acceptors (Lipinski definition) is 7. The van der Waals surface area contributed by atoms with Crippen molar-refractivity contribution in [2.45, 2.75) is 58.2 Å². The van der Waals surface area contributed by atoms with Crippen LogP contribution in [0.1, 0.15) is 44.1 Å². The second kappa shape index (κ2) is 8.95. The molecule has 0 radical (unpaired) electrons. The minimum Gasteiger partial charge on any atom is -0.439 e. The van der Waals surface area contributed by atoms with Crippen molar-refractivity contribution in [2.75, 3.05) is 11.9 Å². The number of hydrogen-bond donors (Lipinski definition) is 2. The molecule has 6 rings (SSSR count). The standard InChI is InChI=1S/C27H30N8O3/c1-16-10-19-20(14-34(16)24(36)13-28)29-15-30-25(19)38-18-4-5-21-17(11-18)6-8-33(21)26(37)31-23-12-22-27(2,3)7-9-35(22)32-23/h4-6,8,11-12,15-16H,7,9-10,13-14,28H2,1-3H3,(H,31,32,37). The molecule has 3 aromatic heterocycles. The molecule has 0 saturated carbocycles. The Morgan fingerprint density at radius 3 is 2.84 bits per heavy atom. The maximum absolute atomic E-state index is 13.1. The Labute approximate surface area is 219 Å². The van der Waals surface area contributed by atoms with Gasteiger partial charge in [-0.25, -0.2) is 14.8 Å². The van der Waals surface area contributed by atoms with Crippen LogP contribution in [0.15, 0.2) is 42.9 Å². The fourth-order valence-electron chi connectivity index (χ4n) is 5.38. The number of benzene rings is 1. The molecule has 196 valence electrons. The summed E-state index contributed by atoms with van der Waals surface area (Å²) < 4.78 is 9.70. The lowest BCUT2D eigenvalue weighted by molar-refractivity contribution is -0.132. The smallest absolute Gasteiger partial charge is 0.331 e. The van der Waals surface area contributed by atoms with Crippen LogP contribution < -0.4 is 15.8 Å². The van der Waals surface area contributed by atoms with Gasteiger partial charge in [0.05, 0.1) is 24.3 Å². The Morgan fingerprint density at radius 2 is 2.05 bits per heavy atom. The van der Waals surface area contributed by atoms with Crippen LogP contribution in [0.25, 0.3) is 10.9 Å². The van der Waals surface area contributed by atoms with Crippen LogP contribution in [-0.4, -0.2) is 53.7 Å². The van der Waals surface area contributed by atoms with Crippen molar-refractivity contribution >= 4 is 28.7 Å². The van der Waals surface area contributed by atoms with E-state index in [4.69, 9.17) is 10.5 Å². The first-order valence-electron chi connectivity index (χ1n) is 12.7. The van der Waals surface area contributed by atoms with E-state index in [2.05, 4.69) is 34.2 Å². The number of nitrogens with two attached hydrogens (primary N) is 1. The molecular formula is C27H30N8O3. The molecule has 2 amide bonds. The van der Waals surface area contributed by atoms with Crippen molar-refractivity contribution in [3.63, 3.8) is 0 Å². The summed E-state index contributed by atoms with van der Waals surface area (Å²) in [6.07, 6.45) is 4.79. The summed E-state index contributed by atoms with van der Waals surface area (Å²) in [5, 5.41) is 8.32. The molecule has 3 N–H and O–H groups in total. The molecule has 2 aliphatic heterocycles. The van der Waals surface area contributed by atoms with Crippen LogP contribution in [0.5, 0.6) is 11.6 Å². The van der Waals surface area contributed by atoms with Crippen molar-refractivity contribution in [1.82, 2.24) is 29.2 Å². The first-order chi connectivity index (χ1) is 18.2. The molecule has 2 aliphatic rings. The quantitative estimate of drug-likeness (QED) is 0.426. The predicted molar refractivity (Wildman–Crippen MR) is 141 cm³/mol. The first-order valence-corrected chi connectivity index (χ1v) is 12.7. The molecule has 0 saturated heterocycles. The highest BCUT2D eigenvalue weighted by atomic mass is 16.5. The second-order valence-corrected chi connectivity index (χ2v) is 10.6. The average Bonchev–Trinajstić information content (AvgIpc) is 3.58. The van der Waals surface area contributed by atoms with Crippen LogP contribution in [0.4, 0.5) is 10.6 Å². The molecule has 11 heteroatoms. The van der Waals surface area contributed by atoms with E-state index in [1.807, 2.05) is 41.9 Å². The van der Waals surface area contributed by atoms with E-state index < -0.39 is 0 Å². The van der Waals surface area contributed by atoms with Crippen LogP contribution in [0.3, 0.4) is 0 Å². The van der Waals surface area contributed by atoms with Gasteiger partial charge in [0, 0.05) is 46.9 Å². The van der Waals surface area contributed by atoms with Gasteiger partial charge in [0.1, 0.15) is 12.1 Å². The zero-order chi connectivity index (χ0) is 26.6. The summed E-state index contributed by atoms with van der Waals surface area (Å²) >= 11 is 0. The summed E-state index contributed by atoms with van der Waals surface area (Å²) in [5.41, 5.74) is 9.13. The van der Waals surface area contributed by atoms with E-state index in [0.29, 0.717) is 30.4 Å². The van der Waals surface area contributed by atoms with Crippen LogP contribution in [0, 0.1) is 0 Å². The van der Waals surface area contributed by atoms with Crippen molar-refractivity contribution in [3.05, 3.63) is 59.8 Å². The van der Waals surface area contributed by atoms with E-state index >= 15 is 0 Å². The molecule has 1 unspecified atom stereocenters. The molecule has 1 aromatic carbocycles. The number of aromatic nitrogens is 5. The number of carbonyl (C=O) groups excluding carboxylic acids is 2. The summed E-state index contributed by atoms with van der Waals surface area (Å²) in [4.78, 5) is 35.7. The predicted octanol–water partition coefficient (Wildman–Crippen LogP) is 3.41. The van der Waals surface area contributed by atoms with Gasteiger partial charge in [-0.1, -0.05) is 13.8 Å². The van der Waals surface area contributed by atoms with E-state index in [1.54, 1.807) is 15.7 Å². The van der Waals surface area contributed by atoms with Gasteiger partial charge in [-0.3, -0.25) is 19.4 Å². The van der Waals surface area contributed by atoms with Crippen molar-refractivity contribution in [1.29, 1.82) is 0 Å². The lowest BCUT2D eigenvalue weighted by Crippen LogP contribution is -2.45. The summed E-state index contributed by atoms with van der Waals surface area (Å²) in [6, 6.07) is 9.03. The number of rotatable bonds is 4. The number of amides is 2. The van der Waals surface area contributed by atoms with Gasteiger partial charge in [0.25, 0.3) is 0 Å². The molecule has 0 bridgehead atoms. The SMILES string of the molecule is CC1Cc2c(ncnc2Oc2ccc3c(ccn3C(=O)Nc3cc4n(n3)CCC4(C)C)c2)CN1C(=O)CN. The van der Waals surface area contributed by atoms with E-state index in [0.717, 1.165) is 40.8 Å². The third-order valence-corrected chi connectivity index (χ3v) is 7.59. The van der Waals surface area contributed by atoms with Gasteiger partial charge < -0.3 is 15.4 Å². The van der Waals surface area contributed by atoms with E-state index in [-0.39, 0.29) is 29.9 Å². The monoisotopic (exact) mass is 514 g/mol. The Morgan fingerprint density at radius 1 is 1.21 bits per heavy atom. The fraction of sp³-hybridized carbons (Fsp3) is 0.370. The Balaban J connectivity index is 1.21. The molecule has 0 fully saturated rings. The third kappa shape index (κ3) is 4.08. The molecule has 4 aromatic rings. The highest BCUT2D eigenvalue weighted by Gasteiger charge is 2.32. The Kier molecular flexibility index (Phi) is 5.68. The number of anilines is 1. The summed E-state index contributed by atoms with van der Waals surface area (Å²) in [5.74, 6) is 1.50. The minimum absolute atomic E-state index is 0.0335. The molecule has 1 atom stereocenters. The van der Waals surface area contributed by atoms with Gasteiger partial charge in [-0.2, -0.15) is 5.10 Å². The number of nitrogens with one attached hydrogen (secondary N) is 1. The lowest BCUT2D eigenvalue weighted by atomic mass is 9.89. The van der Waals surface area contributed by atoms with Crippen LogP contribution in [-0.2, 0) is 29.7 Å². The van der Waals surface area contributed by atoms with Crippen molar-refractivity contribution in [2.24, 2.45) is 5.73 Å². The number of aryl methyl sites for hydroxylation is 1. The Hall–Kier alpha value is -4.25. The van der Waals surface area contributed by atoms with Crippen LogP contribution in [0.2, 0.25) is 0 Å². The van der Waals surface area contributed by atoms with Gasteiger partial charge in [-0.05, 0) is 44.0 Å². The normalized spacial score (nSPS) is 17.8. The van der Waals surface area contributed by atoms with Gasteiger partial charge in [-0.15, -0.1) is 0 Å². The summed E-state index contributed by atoms with van der Waals surface area (Å²) in [7, 11) is 0. The second-order valence-electron chi connectivity index (χ2n) is 10.6. The lowest BCUT2D eigenvalue weighted by Gasteiger charge is -2.34. The first kappa shape index (κ1) is 24.1. The maximum atomic E-state index is 13.1. The van der Waals surface area contributed by atoms with Crippen molar-refractivity contribution in [3.8, 4) is 11.6 Å². The maximum Gasteiger partial charge on any atom is 0.331 e. The number of nitrogens with zero attached hydrogens (tertiary/aromatic N) is 6.